The largest absolute Gasteiger partial charge is 0.410 e. The molecule has 3 aromatic carbocycles. The molecule has 1 N–H and O–H groups in total. The molecule has 0 spiro atoms. The summed E-state index contributed by atoms with van der Waals surface area (Å²) in [6, 6.07) is 22.8. The molecule has 0 bridgehead atoms. The fourth-order valence-corrected chi connectivity index (χ4v) is 3.80. The summed E-state index contributed by atoms with van der Waals surface area (Å²) in [7, 11) is 0. The Morgan fingerprint density at radius 3 is 2.28 bits per heavy atom. The van der Waals surface area contributed by atoms with Gasteiger partial charge >= 0.3 is 0 Å². The van der Waals surface area contributed by atoms with Gasteiger partial charge in [-0.3, -0.25) is 0 Å². The highest BCUT2D eigenvalue weighted by Gasteiger charge is 2.28. The van der Waals surface area contributed by atoms with E-state index in [0.29, 0.717) is 5.71 Å². The molecule has 0 saturated carbocycles. The van der Waals surface area contributed by atoms with Crippen molar-refractivity contribution >= 4 is 33.7 Å². The molecule has 25 heavy (non-hydrogen) atoms. The van der Waals surface area contributed by atoms with Gasteiger partial charge in [0.05, 0.1) is 0 Å². The van der Waals surface area contributed by atoms with Gasteiger partial charge in [-0.1, -0.05) is 84.0 Å². The normalized spacial score (nSPS) is 17.0. The van der Waals surface area contributed by atoms with E-state index in [2.05, 4.69) is 59.8 Å². The summed E-state index contributed by atoms with van der Waals surface area (Å²) in [5.74, 6) is 0. The van der Waals surface area contributed by atoms with Crippen molar-refractivity contribution in [2.24, 2.45) is 5.16 Å². The van der Waals surface area contributed by atoms with Crippen LogP contribution in [-0.4, -0.2) is 10.9 Å². The van der Waals surface area contributed by atoms with Crippen LogP contribution in [0.4, 0.5) is 0 Å². The third-order valence-electron chi connectivity index (χ3n) is 4.95. The lowest BCUT2D eigenvalue weighted by atomic mass is 9.85. The summed E-state index contributed by atoms with van der Waals surface area (Å²) in [5.41, 5.74) is 7.11. The molecule has 0 radical (unpaired) electrons. The maximum absolute atomic E-state index is 9.80. The van der Waals surface area contributed by atoms with E-state index in [1.54, 1.807) is 0 Å². The van der Waals surface area contributed by atoms with Gasteiger partial charge in [0.1, 0.15) is 5.71 Å². The maximum atomic E-state index is 9.80. The number of oxime groups is 1. The zero-order valence-corrected chi connectivity index (χ0v) is 13.5. The first-order valence-electron chi connectivity index (χ1n) is 8.31. The Kier molecular flexibility index (Phi) is 2.98. The molecule has 0 fully saturated rings. The Hall–Kier alpha value is -3.39. The van der Waals surface area contributed by atoms with Gasteiger partial charge in [-0.2, -0.15) is 0 Å². The standard InChI is InChI=1S/C23H15NO/c25-24-23-21(19-11-5-8-15-6-1-3-9-17(15)19)13-12-20-18-10-4-2-7-16(18)14-22(20)23/h1-14,25H. The van der Waals surface area contributed by atoms with Crippen molar-refractivity contribution in [3.63, 3.8) is 0 Å². The smallest absolute Gasteiger partial charge is 0.118 e. The first-order valence-corrected chi connectivity index (χ1v) is 8.31. The molecule has 0 unspecified atom stereocenters. The molecule has 2 aliphatic carbocycles. The van der Waals surface area contributed by atoms with E-state index in [0.717, 1.165) is 33.2 Å². The van der Waals surface area contributed by atoms with Crippen LogP contribution < -0.4 is 0 Å². The van der Waals surface area contributed by atoms with Crippen molar-refractivity contribution in [3.8, 4) is 0 Å². The molecular weight excluding hydrogens is 306 g/mol. The van der Waals surface area contributed by atoms with Crippen molar-refractivity contribution in [1.29, 1.82) is 0 Å². The monoisotopic (exact) mass is 321 g/mol. The predicted octanol–water partition coefficient (Wildman–Crippen LogP) is 5.55. The van der Waals surface area contributed by atoms with Gasteiger partial charge in [0.15, 0.2) is 0 Å². The molecule has 0 heterocycles. The quantitative estimate of drug-likeness (QED) is 0.463. The van der Waals surface area contributed by atoms with Crippen molar-refractivity contribution in [1.82, 2.24) is 0 Å². The van der Waals surface area contributed by atoms with Crippen LogP contribution in [0, 0.1) is 0 Å². The van der Waals surface area contributed by atoms with Gasteiger partial charge in [-0.25, -0.2) is 0 Å². The summed E-state index contributed by atoms with van der Waals surface area (Å²) in [5, 5.41) is 15.8. The topological polar surface area (TPSA) is 32.6 Å². The van der Waals surface area contributed by atoms with Crippen LogP contribution >= 0.6 is 0 Å². The van der Waals surface area contributed by atoms with Crippen LogP contribution in [-0.2, 0) is 0 Å². The van der Waals surface area contributed by atoms with Crippen LogP contribution in [0.15, 0.2) is 89.6 Å². The Balaban J connectivity index is 1.74. The number of nitrogens with zero attached hydrogens (tertiary/aromatic N) is 1. The lowest BCUT2D eigenvalue weighted by Gasteiger charge is -2.18. The highest BCUT2D eigenvalue weighted by molar-refractivity contribution is 6.42. The maximum Gasteiger partial charge on any atom is 0.118 e. The van der Waals surface area contributed by atoms with E-state index >= 15 is 0 Å². The van der Waals surface area contributed by atoms with E-state index in [1.165, 1.54) is 10.9 Å². The molecule has 118 valence electrons. The summed E-state index contributed by atoms with van der Waals surface area (Å²) in [6.45, 7) is 0. The van der Waals surface area contributed by atoms with Crippen LogP contribution in [0.1, 0.15) is 16.7 Å². The fourth-order valence-electron chi connectivity index (χ4n) is 3.80. The number of hydrogen-bond acceptors (Lipinski definition) is 2. The van der Waals surface area contributed by atoms with Crippen molar-refractivity contribution in [2.75, 3.05) is 0 Å². The fraction of sp³-hybridized carbons (Fsp3) is 0. The van der Waals surface area contributed by atoms with Crippen LogP contribution in [0.2, 0.25) is 0 Å². The van der Waals surface area contributed by atoms with E-state index in [4.69, 9.17) is 0 Å². The minimum absolute atomic E-state index is 0.630. The van der Waals surface area contributed by atoms with Gasteiger partial charge in [0.25, 0.3) is 0 Å². The highest BCUT2D eigenvalue weighted by Crippen LogP contribution is 2.42. The van der Waals surface area contributed by atoms with Gasteiger partial charge in [0, 0.05) is 11.1 Å². The van der Waals surface area contributed by atoms with Gasteiger partial charge in [-0.05, 0) is 39.1 Å². The van der Waals surface area contributed by atoms with Gasteiger partial charge < -0.3 is 5.21 Å². The molecule has 3 aromatic rings. The van der Waals surface area contributed by atoms with E-state index in [-0.39, 0.29) is 0 Å². The van der Waals surface area contributed by atoms with Crippen LogP contribution in [0.3, 0.4) is 0 Å². The zero-order valence-electron chi connectivity index (χ0n) is 13.5. The molecule has 0 aliphatic heterocycles. The number of rotatable bonds is 1. The molecule has 0 amide bonds. The van der Waals surface area contributed by atoms with Crippen molar-refractivity contribution in [2.45, 2.75) is 0 Å². The summed E-state index contributed by atoms with van der Waals surface area (Å²) in [6.07, 6.45) is 6.30. The van der Waals surface area contributed by atoms with Gasteiger partial charge in [-0.15, -0.1) is 0 Å². The van der Waals surface area contributed by atoms with E-state index < -0.39 is 0 Å². The first-order chi connectivity index (χ1) is 12.4. The molecule has 2 heteroatoms. The van der Waals surface area contributed by atoms with E-state index in [9.17, 15) is 5.21 Å². The molecular formula is C23H15NO. The highest BCUT2D eigenvalue weighted by atomic mass is 16.4. The summed E-state index contributed by atoms with van der Waals surface area (Å²) >= 11 is 0. The Bertz CT molecular complexity index is 1140. The number of allylic oxidation sites excluding steroid dienone is 5. The lowest BCUT2D eigenvalue weighted by molar-refractivity contribution is 0.320. The number of benzene rings is 3. The second-order valence-corrected chi connectivity index (χ2v) is 6.28. The summed E-state index contributed by atoms with van der Waals surface area (Å²) < 4.78 is 0. The average molecular weight is 321 g/mol. The second kappa shape index (κ2) is 5.32. The molecule has 0 aromatic heterocycles. The summed E-state index contributed by atoms with van der Waals surface area (Å²) in [4.78, 5) is 0. The minimum Gasteiger partial charge on any atom is -0.410 e. The van der Waals surface area contributed by atoms with Gasteiger partial charge in [0.2, 0.25) is 0 Å². The Labute approximate surface area is 145 Å². The molecule has 0 saturated heterocycles. The van der Waals surface area contributed by atoms with Crippen LogP contribution in [0.25, 0.3) is 28.0 Å². The van der Waals surface area contributed by atoms with Crippen molar-refractivity contribution < 1.29 is 5.21 Å². The molecule has 2 aliphatic rings. The molecule has 5 rings (SSSR count). The predicted molar refractivity (Wildman–Crippen MR) is 104 cm³/mol. The molecule has 2 nitrogen and oxygen atoms in total. The third-order valence-corrected chi connectivity index (χ3v) is 4.95. The second-order valence-electron chi connectivity index (χ2n) is 6.28. The zero-order chi connectivity index (χ0) is 16.8. The average Bonchev–Trinajstić information content (AvgIpc) is 3.05. The van der Waals surface area contributed by atoms with Crippen molar-refractivity contribution in [3.05, 3.63) is 101 Å². The Morgan fingerprint density at radius 1 is 0.640 bits per heavy atom. The number of hydrogen-bond donors (Lipinski definition) is 1. The number of fused-ring (bicyclic) bond motifs is 4. The van der Waals surface area contributed by atoms with Crippen LogP contribution in [0.5, 0.6) is 0 Å². The SMILES string of the molecule is ON=C1C2=Cc3ccccc3C2=CC=C1c1cccc2ccccc12. The molecule has 0 atom stereocenters. The van der Waals surface area contributed by atoms with E-state index in [1.807, 2.05) is 30.3 Å². The third kappa shape index (κ3) is 2.01. The minimum atomic E-state index is 0.630. The Morgan fingerprint density at radius 2 is 1.36 bits per heavy atom. The first kappa shape index (κ1) is 14.0. The lowest BCUT2D eigenvalue weighted by Crippen LogP contribution is -2.09.